The molecule has 7 heteroatoms. The smallest absolute Gasteiger partial charge is 0.325 e. The summed E-state index contributed by atoms with van der Waals surface area (Å²) in [6, 6.07) is 3.32. The van der Waals surface area contributed by atoms with E-state index in [-0.39, 0.29) is 30.8 Å². The molecule has 0 atom stereocenters. The molecule has 1 aromatic heterocycles. The maximum Gasteiger partial charge on any atom is 0.325 e. The summed E-state index contributed by atoms with van der Waals surface area (Å²) < 4.78 is 5.47. The lowest BCUT2D eigenvalue weighted by Gasteiger charge is -2.30. The van der Waals surface area contributed by atoms with Crippen LogP contribution in [0.1, 0.15) is 50.0 Å². The zero-order chi connectivity index (χ0) is 18.0. The molecule has 1 N–H and O–H groups in total. The zero-order valence-corrected chi connectivity index (χ0v) is 14.8. The predicted molar refractivity (Wildman–Crippen MR) is 90.6 cm³/mol. The highest BCUT2D eigenvalue weighted by Crippen LogP contribution is 2.33. The van der Waals surface area contributed by atoms with Gasteiger partial charge in [0.1, 0.15) is 17.1 Å². The molecule has 1 aliphatic heterocycles. The second kappa shape index (κ2) is 6.90. The Hall–Kier alpha value is -2.31. The first-order chi connectivity index (χ1) is 11.9. The van der Waals surface area contributed by atoms with Gasteiger partial charge in [-0.15, -0.1) is 0 Å². The molecule has 3 rings (SSSR count). The number of carbonyl (C=O) groups excluding carboxylic acids is 3. The first kappa shape index (κ1) is 17.5. The van der Waals surface area contributed by atoms with E-state index in [9.17, 15) is 14.4 Å². The van der Waals surface area contributed by atoms with E-state index < -0.39 is 5.54 Å². The van der Waals surface area contributed by atoms with E-state index in [1.807, 2.05) is 19.1 Å². The molecule has 1 aliphatic carbocycles. The zero-order valence-electron chi connectivity index (χ0n) is 14.8. The number of amides is 4. The number of nitrogens with zero attached hydrogens (tertiary/aromatic N) is 2. The third kappa shape index (κ3) is 3.55. The fourth-order valence-electron chi connectivity index (χ4n) is 3.66. The highest BCUT2D eigenvalue weighted by atomic mass is 16.3. The van der Waals surface area contributed by atoms with Gasteiger partial charge >= 0.3 is 6.03 Å². The molecule has 0 bridgehead atoms. The Labute approximate surface area is 147 Å². The van der Waals surface area contributed by atoms with E-state index in [2.05, 4.69) is 5.32 Å². The Morgan fingerprint density at radius 3 is 2.64 bits per heavy atom. The van der Waals surface area contributed by atoms with E-state index in [4.69, 9.17) is 4.42 Å². The quantitative estimate of drug-likeness (QED) is 0.828. The first-order valence-corrected chi connectivity index (χ1v) is 8.85. The summed E-state index contributed by atoms with van der Waals surface area (Å²) in [6.45, 7) is 2.34. The lowest BCUT2D eigenvalue weighted by atomic mass is 9.82. The Morgan fingerprint density at radius 1 is 1.28 bits per heavy atom. The molecule has 4 amide bonds. The van der Waals surface area contributed by atoms with Gasteiger partial charge in [-0.3, -0.25) is 14.5 Å². The molecule has 0 unspecified atom stereocenters. The van der Waals surface area contributed by atoms with Crippen LogP contribution in [0.4, 0.5) is 4.79 Å². The van der Waals surface area contributed by atoms with Crippen molar-refractivity contribution in [2.45, 2.75) is 57.5 Å². The van der Waals surface area contributed by atoms with Gasteiger partial charge < -0.3 is 14.6 Å². The summed E-state index contributed by atoms with van der Waals surface area (Å²) in [5.41, 5.74) is -0.726. The average Bonchev–Trinajstić information content (AvgIpc) is 3.08. The SMILES string of the molecule is Cc1ccc(CN(C)C(=O)CCN2C(=O)NC3(CCCCC3)C2=O)o1. The molecule has 25 heavy (non-hydrogen) atoms. The number of urea groups is 1. The van der Waals surface area contributed by atoms with Crippen molar-refractivity contribution in [2.75, 3.05) is 13.6 Å². The third-order valence-electron chi connectivity index (χ3n) is 5.12. The van der Waals surface area contributed by atoms with Crippen molar-refractivity contribution >= 4 is 17.8 Å². The Kier molecular flexibility index (Phi) is 4.83. The number of rotatable bonds is 5. The number of aryl methyl sites for hydroxylation is 1. The summed E-state index contributed by atoms with van der Waals surface area (Å²) in [6.07, 6.45) is 4.50. The average molecular weight is 347 g/mol. The topological polar surface area (TPSA) is 82.9 Å². The van der Waals surface area contributed by atoms with Crippen LogP contribution in [-0.2, 0) is 16.1 Å². The summed E-state index contributed by atoms with van der Waals surface area (Å²) in [4.78, 5) is 39.9. The second-order valence-electron chi connectivity index (χ2n) is 7.04. The summed E-state index contributed by atoms with van der Waals surface area (Å²) in [5.74, 6) is 1.21. The summed E-state index contributed by atoms with van der Waals surface area (Å²) in [7, 11) is 1.69. The molecule has 2 fully saturated rings. The normalized spacial score (nSPS) is 19.4. The number of imide groups is 1. The van der Waals surface area contributed by atoms with Crippen LogP contribution in [0.5, 0.6) is 0 Å². The standard InChI is InChI=1S/C18H25N3O4/c1-13-6-7-14(25-13)12-20(2)15(22)8-11-21-16(23)18(19-17(21)24)9-4-3-5-10-18/h6-7H,3-5,8-12H2,1-2H3,(H,19,24). The van der Waals surface area contributed by atoms with Gasteiger partial charge in [0.15, 0.2) is 0 Å². The van der Waals surface area contributed by atoms with Crippen molar-refractivity contribution in [2.24, 2.45) is 0 Å². The van der Waals surface area contributed by atoms with Gasteiger partial charge in [-0.05, 0) is 31.9 Å². The minimum Gasteiger partial charge on any atom is -0.464 e. The Morgan fingerprint density at radius 2 is 2.00 bits per heavy atom. The lowest BCUT2D eigenvalue weighted by molar-refractivity contribution is -0.134. The van der Waals surface area contributed by atoms with Gasteiger partial charge in [0, 0.05) is 20.0 Å². The fraction of sp³-hybridized carbons (Fsp3) is 0.611. The Balaban J connectivity index is 1.54. The first-order valence-electron chi connectivity index (χ1n) is 8.85. The van der Waals surface area contributed by atoms with Gasteiger partial charge in [-0.2, -0.15) is 0 Å². The van der Waals surface area contributed by atoms with Crippen molar-refractivity contribution < 1.29 is 18.8 Å². The maximum absolute atomic E-state index is 12.7. The molecule has 1 saturated carbocycles. The molecule has 2 aliphatic rings. The number of nitrogens with one attached hydrogen (secondary N) is 1. The minimum atomic E-state index is -0.726. The summed E-state index contributed by atoms with van der Waals surface area (Å²) in [5, 5.41) is 2.86. The van der Waals surface area contributed by atoms with E-state index >= 15 is 0 Å². The van der Waals surface area contributed by atoms with Gasteiger partial charge in [0.05, 0.1) is 6.54 Å². The van der Waals surface area contributed by atoms with Gasteiger partial charge in [0.25, 0.3) is 5.91 Å². The molecule has 0 aromatic carbocycles. The van der Waals surface area contributed by atoms with Crippen molar-refractivity contribution in [3.05, 3.63) is 23.7 Å². The molecule has 2 heterocycles. The van der Waals surface area contributed by atoms with Crippen molar-refractivity contribution in [3.8, 4) is 0 Å². The monoisotopic (exact) mass is 347 g/mol. The van der Waals surface area contributed by atoms with Crippen LogP contribution in [0, 0.1) is 6.92 Å². The van der Waals surface area contributed by atoms with Gasteiger partial charge in [-0.1, -0.05) is 19.3 Å². The van der Waals surface area contributed by atoms with Crippen LogP contribution in [-0.4, -0.2) is 46.8 Å². The third-order valence-corrected chi connectivity index (χ3v) is 5.12. The molecular formula is C18H25N3O4. The number of hydrogen-bond donors (Lipinski definition) is 1. The minimum absolute atomic E-state index is 0.116. The van der Waals surface area contributed by atoms with Crippen molar-refractivity contribution in [1.29, 1.82) is 0 Å². The number of hydrogen-bond acceptors (Lipinski definition) is 4. The molecule has 136 valence electrons. The van der Waals surface area contributed by atoms with Crippen LogP contribution < -0.4 is 5.32 Å². The molecule has 1 spiro atoms. The van der Waals surface area contributed by atoms with Crippen LogP contribution in [0.25, 0.3) is 0 Å². The molecular weight excluding hydrogens is 322 g/mol. The van der Waals surface area contributed by atoms with Crippen LogP contribution in [0.3, 0.4) is 0 Å². The van der Waals surface area contributed by atoms with E-state index in [0.29, 0.717) is 25.1 Å². The highest BCUT2D eigenvalue weighted by Gasteiger charge is 2.51. The fourth-order valence-corrected chi connectivity index (χ4v) is 3.66. The highest BCUT2D eigenvalue weighted by molar-refractivity contribution is 6.07. The van der Waals surface area contributed by atoms with E-state index in [0.717, 1.165) is 25.0 Å². The lowest BCUT2D eigenvalue weighted by Crippen LogP contribution is -2.48. The molecule has 1 saturated heterocycles. The van der Waals surface area contributed by atoms with Crippen molar-refractivity contribution in [3.63, 3.8) is 0 Å². The second-order valence-corrected chi connectivity index (χ2v) is 7.04. The van der Waals surface area contributed by atoms with E-state index in [1.165, 1.54) is 4.90 Å². The van der Waals surface area contributed by atoms with E-state index in [1.54, 1.807) is 11.9 Å². The maximum atomic E-state index is 12.7. The Bertz CT molecular complexity index is 676. The van der Waals surface area contributed by atoms with Crippen molar-refractivity contribution in [1.82, 2.24) is 15.1 Å². The van der Waals surface area contributed by atoms with Gasteiger partial charge in [-0.25, -0.2) is 4.79 Å². The van der Waals surface area contributed by atoms with Crippen LogP contribution in [0.15, 0.2) is 16.5 Å². The number of furan rings is 1. The largest absolute Gasteiger partial charge is 0.464 e. The summed E-state index contributed by atoms with van der Waals surface area (Å²) >= 11 is 0. The van der Waals surface area contributed by atoms with Gasteiger partial charge in [0.2, 0.25) is 5.91 Å². The van der Waals surface area contributed by atoms with Crippen LogP contribution >= 0.6 is 0 Å². The molecule has 1 aromatic rings. The molecule has 0 radical (unpaired) electrons. The number of carbonyl (C=O) groups is 3. The predicted octanol–water partition coefficient (Wildman–Crippen LogP) is 2.19. The molecule has 7 nitrogen and oxygen atoms in total. The van der Waals surface area contributed by atoms with Crippen LogP contribution in [0.2, 0.25) is 0 Å².